The molecule has 0 amide bonds. The zero-order valence-corrected chi connectivity index (χ0v) is 7.22. The van der Waals surface area contributed by atoms with Gasteiger partial charge < -0.3 is 0 Å². The van der Waals surface area contributed by atoms with Crippen molar-refractivity contribution in [3.05, 3.63) is 22.1 Å². The van der Waals surface area contributed by atoms with Crippen molar-refractivity contribution in [3.63, 3.8) is 0 Å². The van der Waals surface area contributed by atoms with Crippen molar-refractivity contribution in [3.8, 4) is 0 Å². The Morgan fingerprint density at radius 1 is 1.64 bits per heavy atom. The van der Waals surface area contributed by atoms with Crippen LogP contribution in [0.25, 0.3) is 0 Å². The first-order valence-electron chi connectivity index (χ1n) is 3.86. The van der Waals surface area contributed by atoms with E-state index in [9.17, 15) is 4.79 Å². The molecule has 0 aromatic carbocycles. The Balaban J connectivity index is 2.86. The molecule has 0 saturated carbocycles. The lowest BCUT2D eigenvalue weighted by molar-refractivity contribution is 0.472. The molecule has 0 saturated heterocycles. The third kappa shape index (κ3) is 1.97. The van der Waals surface area contributed by atoms with E-state index >= 15 is 0 Å². The summed E-state index contributed by atoms with van der Waals surface area (Å²) in [4.78, 5) is 10.8. The van der Waals surface area contributed by atoms with E-state index in [4.69, 9.17) is 0 Å². The molecule has 1 heterocycles. The van der Waals surface area contributed by atoms with E-state index in [0.29, 0.717) is 5.92 Å². The summed E-state index contributed by atoms with van der Waals surface area (Å²) in [6.07, 6.45) is 0. The van der Waals surface area contributed by atoms with Gasteiger partial charge in [0, 0.05) is 18.3 Å². The molecule has 0 aliphatic heterocycles. The summed E-state index contributed by atoms with van der Waals surface area (Å²) in [5.41, 5.74) is 0.992. The van der Waals surface area contributed by atoms with Crippen LogP contribution in [-0.4, -0.2) is 9.78 Å². The van der Waals surface area contributed by atoms with Gasteiger partial charge in [-0.25, -0.2) is 0 Å². The molecule has 0 spiro atoms. The van der Waals surface area contributed by atoms with Gasteiger partial charge in [-0.05, 0) is 12.8 Å². The Kier molecular flexibility index (Phi) is 2.17. The van der Waals surface area contributed by atoms with Gasteiger partial charge in [-0.3, -0.25) is 14.6 Å². The van der Waals surface area contributed by atoms with Crippen LogP contribution in [0.3, 0.4) is 0 Å². The van der Waals surface area contributed by atoms with E-state index in [1.165, 1.54) is 0 Å². The van der Waals surface area contributed by atoms with Crippen molar-refractivity contribution in [2.45, 2.75) is 27.3 Å². The third-order valence-electron chi connectivity index (χ3n) is 1.56. The predicted molar refractivity (Wildman–Crippen MR) is 44.6 cm³/mol. The van der Waals surface area contributed by atoms with Gasteiger partial charge in [0.15, 0.2) is 0 Å². The van der Waals surface area contributed by atoms with Gasteiger partial charge in [0.1, 0.15) is 0 Å². The minimum absolute atomic E-state index is 0.0110. The molecule has 0 fully saturated rings. The summed E-state index contributed by atoms with van der Waals surface area (Å²) in [5, 5.41) is 2.74. The molecule has 1 aromatic rings. The van der Waals surface area contributed by atoms with E-state index in [2.05, 4.69) is 18.9 Å². The minimum Gasteiger partial charge on any atom is -0.289 e. The Morgan fingerprint density at radius 2 is 2.27 bits per heavy atom. The second kappa shape index (κ2) is 2.95. The number of hydrogen-bond donors (Lipinski definition) is 1. The maximum Gasteiger partial charge on any atom is 0.264 e. The lowest BCUT2D eigenvalue weighted by atomic mass is 10.2. The molecule has 1 aromatic heterocycles. The molecule has 0 aliphatic carbocycles. The molecule has 1 rings (SSSR count). The van der Waals surface area contributed by atoms with Crippen LogP contribution in [0.15, 0.2) is 10.9 Å². The van der Waals surface area contributed by atoms with E-state index in [1.807, 2.05) is 11.6 Å². The monoisotopic (exact) mass is 154 g/mol. The van der Waals surface area contributed by atoms with Crippen LogP contribution in [0.1, 0.15) is 19.5 Å². The number of aromatic nitrogens is 2. The lowest BCUT2D eigenvalue weighted by Crippen LogP contribution is -2.10. The van der Waals surface area contributed by atoms with Gasteiger partial charge in [0.05, 0.1) is 0 Å². The van der Waals surface area contributed by atoms with Crippen LogP contribution in [0.4, 0.5) is 0 Å². The summed E-state index contributed by atoms with van der Waals surface area (Å²) in [6, 6.07) is 1.61. The normalized spacial score (nSPS) is 10.9. The number of H-pyrrole nitrogens is 1. The minimum atomic E-state index is -0.0110. The van der Waals surface area contributed by atoms with Gasteiger partial charge >= 0.3 is 0 Å². The SMILES string of the molecule is Cc1cc(=O)[nH]n1CC(C)C. The summed E-state index contributed by atoms with van der Waals surface area (Å²) in [6.45, 7) is 7.06. The summed E-state index contributed by atoms with van der Waals surface area (Å²) >= 11 is 0. The van der Waals surface area contributed by atoms with Gasteiger partial charge in [-0.15, -0.1) is 0 Å². The number of rotatable bonds is 2. The molecular formula is C8H14N2O. The van der Waals surface area contributed by atoms with Crippen molar-refractivity contribution in [2.75, 3.05) is 0 Å². The van der Waals surface area contributed by atoms with Crippen molar-refractivity contribution in [2.24, 2.45) is 5.92 Å². The molecule has 0 radical (unpaired) electrons. The summed E-state index contributed by atoms with van der Waals surface area (Å²) < 4.78 is 1.88. The smallest absolute Gasteiger partial charge is 0.264 e. The fourth-order valence-corrected chi connectivity index (χ4v) is 1.08. The first-order chi connectivity index (χ1) is 5.09. The van der Waals surface area contributed by atoms with Gasteiger partial charge in [-0.1, -0.05) is 13.8 Å². The molecule has 1 N–H and O–H groups in total. The standard InChI is InChI=1S/C8H14N2O/c1-6(2)5-10-7(3)4-8(11)9-10/h4,6H,5H2,1-3H3,(H,9,11). The number of nitrogens with one attached hydrogen (secondary N) is 1. The first kappa shape index (κ1) is 8.11. The topological polar surface area (TPSA) is 37.8 Å². The number of hydrogen-bond acceptors (Lipinski definition) is 1. The number of aryl methyl sites for hydroxylation is 1. The van der Waals surface area contributed by atoms with Crippen molar-refractivity contribution in [1.82, 2.24) is 9.78 Å². The van der Waals surface area contributed by atoms with E-state index in [1.54, 1.807) is 6.07 Å². The highest BCUT2D eigenvalue weighted by molar-refractivity contribution is 4.97. The van der Waals surface area contributed by atoms with Crippen molar-refractivity contribution in [1.29, 1.82) is 0 Å². The van der Waals surface area contributed by atoms with Crippen LogP contribution in [0, 0.1) is 12.8 Å². The zero-order valence-electron chi connectivity index (χ0n) is 7.22. The molecule has 0 atom stereocenters. The predicted octanol–water partition coefficient (Wildman–Crippen LogP) is 1.14. The van der Waals surface area contributed by atoms with Crippen LogP contribution in [0.5, 0.6) is 0 Å². The van der Waals surface area contributed by atoms with Crippen LogP contribution < -0.4 is 5.56 Å². The molecule has 62 valence electrons. The third-order valence-corrected chi connectivity index (χ3v) is 1.56. The average Bonchev–Trinajstić information content (AvgIpc) is 2.09. The average molecular weight is 154 g/mol. The Bertz CT molecular complexity index is 283. The maximum atomic E-state index is 10.8. The second-order valence-corrected chi connectivity index (χ2v) is 3.27. The van der Waals surface area contributed by atoms with Crippen LogP contribution in [0.2, 0.25) is 0 Å². The van der Waals surface area contributed by atoms with E-state index < -0.39 is 0 Å². The maximum absolute atomic E-state index is 10.8. The molecule has 3 heteroatoms. The molecule has 0 aliphatic rings. The first-order valence-corrected chi connectivity index (χ1v) is 3.86. The lowest BCUT2D eigenvalue weighted by Gasteiger charge is -2.07. The summed E-state index contributed by atoms with van der Waals surface area (Å²) in [5.74, 6) is 0.566. The number of nitrogens with zero attached hydrogens (tertiary/aromatic N) is 1. The van der Waals surface area contributed by atoms with Crippen LogP contribution >= 0.6 is 0 Å². The molecular weight excluding hydrogens is 140 g/mol. The van der Waals surface area contributed by atoms with Crippen molar-refractivity contribution < 1.29 is 0 Å². The van der Waals surface area contributed by atoms with Gasteiger partial charge in [0.25, 0.3) is 5.56 Å². The highest BCUT2D eigenvalue weighted by Crippen LogP contribution is 1.99. The fraction of sp³-hybridized carbons (Fsp3) is 0.625. The Labute approximate surface area is 66.0 Å². The van der Waals surface area contributed by atoms with Gasteiger partial charge in [-0.2, -0.15) is 0 Å². The van der Waals surface area contributed by atoms with E-state index in [-0.39, 0.29) is 5.56 Å². The van der Waals surface area contributed by atoms with Crippen LogP contribution in [-0.2, 0) is 6.54 Å². The van der Waals surface area contributed by atoms with Crippen molar-refractivity contribution >= 4 is 0 Å². The molecule has 11 heavy (non-hydrogen) atoms. The Morgan fingerprint density at radius 3 is 2.64 bits per heavy atom. The number of aromatic amines is 1. The second-order valence-electron chi connectivity index (χ2n) is 3.27. The molecule has 3 nitrogen and oxygen atoms in total. The largest absolute Gasteiger partial charge is 0.289 e. The van der Waals surface area contributed by atoms with Gasteiger partial charge in [0.2, 0.25) is 0 Å². The fourth-order valence-electron chi connectivity index (χ4n) is 1.08. The highest BCUT2D eigenvalue weighted by Gasteiger charge is 2.00. The summed E-state index contributed by atoms with van der Waals surface area (Å²) in [7, 11) is 0. The molecule has 0 unspecified atom stereocenters. The zero-order chi connectivity index (χ0) is 8.43. The highest BCUT2D eigenvalue weighted by atomic mass is 16.1. The molecule has 0 bridgehead atoms. The van der Waals surface area contributed by atoms with E-state index in [0.717, 1.165) is 12.2 Å². The quantitative estimate of drug-likeness (QED) is 0.681. The Hall–Kier alpha value is -0.990.